The first-order valence-electron chi connectivity index (χ1n) is 5.91. The summed E-state index contributed by atoms with van der Waals surface area (Å²) in [4.78, 5) is 0. The second kappa shape index (κ2) is 6.15. The summed E-state index contributed by atoms with van der Waals surface area (Å²) in [5.41, 5.74) is 2.27. The first-order valence-corrected chi connectivity index (χ1v) is 6.35. The van der Waals surface area contributed by atoms with E-state index in [0.717, 1.165) is 29.0 Å². The normalized spacial score (nSPS) is 14.2. The van der Waals surface area contributed by atoms with Crippen LogP contribution in [0.15, 0.2) is 12.1 Å². The molecule has 0 heterocycles. The Morgan fingerprint density at radius 1 is 1.18 bits per heavy atom. The zero-order valence-electron chi connectivity index (χ0n) is 11.2. The lowest BCUT2D eigenvalue weighted by molar-refractivity contribution is 0.353. The molecule has 0 fully saturated rings. The molecular weight excluding hydrogens is 236 g/mol. The molecule has 0 spiro atoms. The number of aryl methyl sites for hydroxylation is 1. The van der Waals surface area contributed by atoms with Gasteiger partial charge in [-0.2, -0.15) is 0 Å². The van der Waals surface area contributed by atoms with Crippen molar-refractivity contribution in [3.05, 3.63) is 23.3 Å². The second-order valence-corrected chi connectivity index (χ2v) is 4.82. The van der Waals surface area contributed by atoms with Gasteiger partial charge in [0.05, 0.1) is 19.6 Å². The molecule has 3 heteroatoms. The SMILES string of the molecule is CCC(C)C(Cl)c1cc(OC)c(OC)cc1C. The fourth-order valence-corrected chi connectivity index (χ4v) is 2.22. The third kappa shape index (κ3) is 3.06. The minimum atomic E-state index is 0.0137. The van der Waals surface area contributed by atoms with Gasteiger partial charge in [0.15, 0.2) is 11.5 Å². The number of ether oxygens (including phenoxy) is 2. The molecule has 0 aromatic heterocycles. The molecule has 96 valence electrons. The number of benzene rings is 1. The van der Waals surface area contributed by atoms with Crippen LogP contribution in [0.5, 0.6) is 11.5 Å². The highest BCUT2D eigenvalue weighted by Crippen LogP contribution is 2.38. The van der Waals surface area contributed by atoms with E-state index >= 15 is 0 Å². The summed E-state index contributed by atoms with van der Waals surface area (Å²) in [6.45, 7) is 6.36. The van der Waals surface area contributed by atoms with Gasteiger partial charge in [0.1, 0.15) is 0 Å². The fourth-order valence-electron chi connectivity index (χ4n) is 1.81. The predicted octanol–water partition coefficient (Wildman–Crippen LogP) is 4.34. The highest BCUT2D eigenvalue weighted by Gasteiger charge is 2.19. The summed E-state index contributed by atoms with van der Waals surface area (Å²) in [5.74, 6) is 1.93. The molecule has 2 nitrogen and oxygen atoms in total. The summed E-state index contributed by atoms with van der Waals surface area (Å²) in [6.07, 6.45) is 1.06. The van der Waals surface area contributed by atoms with E-state index in [1.165, 1.54) is 0 Å². The fraction of sp³-hybridized carbons (Fsp3) is 0.571. The van der Waals surface area contributed by atoms with Gasteiger partial charge in [-0.1, -0.05) is 20.3 Å². The first kappa shape index (κ1) is 14.2. The Balaban J connectivity index is 3.16. The van der Waals surface area contributed by atoms with E-state index < -0.39 is 0 Å². The van der Waals surface area contributed by atoms with E-state index in [2.05, 4.69) is 20.8 Å². The number of halogens is 1. The standard InChI is InChI=1S/C14H21ClO2/c1-6-9(2)14(15)11-8-13(17-5)12(16-4)7-10(11)3/h7-9,14H,6H2,1-5H3. The summed E-state index contributed by atoms with van der Waals surface area (Å²) in [6, 6.07) is 3.96. The number of methoxy groups -OCH3 is 2. The van der Waals surface area contributed by atoms with Crippen molar-refractivity contribution in [2.24, 2.45) is 5.92 Å². The van der Waals surface area contributed by atoms with Crippen LogP contribution in [-0.4, -0.2) is 14.2 Å². The van der Waals surface area contributed by atoms with Crippen LogP contribution in [0.25, 0.3) is 0 Å². The average molecular weight is 257 g/mol. The van der Waals surface area contributed by atoms with Crippen LogP contribution >= 0.6 is 11.6 Å². The second-order valence-electron chi connectivity index (χ2n) is 4.35. The summed E-state index contributed by atoms with van der Waals surface area (Å²) in [5, 5.41) is 0.0137. The van der Waals surface area contributed by atoms with Crippen LogP contribution in [0.1, 0.15) is 36.8 Å². The van der Waals surface area contributed by atoms with Crippen molar-refractivity contribution in [2.45, 2.75) is 32.6 Å². The Labute approximate surface area is 109 Å². The van der Waals surface area contributed by atoms with Crippen molar-refractivity contribution < 1.29 is 9.47 Å². The minimum absolute atomic E-state index is 0.0137. The Kier molecular flexibility index (Phi) is 5.13. The predicted molar refractivity (Wildman–Crippen MR) is 72.3 cm³/mol. The maximum Gasteiger partial charge on any atom is 0.161 e. The molecule has 1 rings (SSSR count). The number of hydrogen-bond acceptors (Lipinski definition) is 2. The molecule has 0 saturated heterocycles. The van der Waals surface area contributed by atoms with Crippen molar-refractivity contribution >= 4 is 11.6 Å². The molecular formula is C14H21ClO2. The lowest BCUT2D eigenvalue weighted by Gasteiger charge is -2.20. The third-order valence-corrected chi connectivity index (χ3v) is 3.88. The topological polar surface area (TPSA) is 18.5 Å². The van der Waals surface area contributed by atoms with Crippen LogP contribution in [0, 0.1) is 12.8 Å². The van der Waals surface area contributed by atoms with Gasteiger partial charge in [-0.05, 0) is 36.1 Å². The van der Waals surface area contributed by atoms with Crippen molar-refractivity contribution in [1.82, 2.24) is 0 Å². The van der Waals surface area contributed by atoms with Crippen LogP contribution in [0.2, 0.25) is 0 Å². The molecule has 2 atom stereocenters. The zero-order valence-corrected chi connectivity index (χ0v) is 12.0. The van der Waals surface area contributed by atoms with Gasteiger partial charge in [-0.3, -0.25) is 0 Å². The maximum atomic E-state index is 6.49. The molecule has 0 bridgehead atoms. The number of hydrogen-bond donors (Lipinski definition) is 0. The highest BCUT2D eigenvalue weighted by atomic mass is 35.5. The quantitative estimate of drug-likeness (QED) is 0.730. The van der Waals surface area contributed by atoms with E-state index in [9.17, 15) is 0 Å². The number of alkyl halides is 1. The molecule has 0 aliphatic carbocycles. The van der Waals surface area contributed by atoms with Crippen LogP contribution in [-0.2, 0) is 0 Å². The number of rotatable bonds is 5. The Bertz CT molecular complexity index is 377. The Hall–Kier alpha value is -0.890. The monoisotopic (exact) mass is 256 g/mol. The summed E-state index contributed by atoms with van der Waals surface area (Å²) in [7, 11) is 3.28. The van der Waals surface area contributed by atoms with Gasteiger partial charge in [0.2, 0.25) is 0 Å². The third-order valence-electron chi connectivity index (χ3n) is 3.21. The Morgan fingerprint density at radius 2 is 1.71 bits per heavy atom. The highest BCUT2D eigenvalue weighted by molar-refractivity contribution is 6.21. The molecule has 1 aromatic carbocycles. The average Bonchev–Trinajstić information content (AvgIpc) is 2.36. The van der Waals surface area contributed by atoms with Gasteiger partial charge in [0.25, 0.3) is 0 Å². The molecule has 1 aromatic rings. The van der Waals surface area contributed by atoms with Gasteiger partial charge in [-0.15, -0.1) is 11.6 Å². The van der Waals surface area contributed by atoms with Crippen molar-refractivity contribution in [3.8, 4) is 11.5 Å². The maximum absolute atomic E-state index is 6.49. The van der Waals surface area contributed by atoms with Crippen LogP contribution in [0.3, 0.4) is 0 Å². The molecule has 0 saturated carbocycles. The molecule has 0 aliphatic rings. The van der Waals surface area contributed by atoms with Crippen molar-refractivity contribution in [3.63, 3.8) is 0 Å². The summed E-state index contributed by atoms with van der Waals surface area (Å²) < 4.78 is 10.6. The largest absolute Gasteiger partial charge is 0.493 e. The van der Waals surface area contributed by atoms with Gasteiger partial charge >= 0.3 is 0 Å². The molecule has 0 amide bonds. The molecule has 17 heavy (non-hydrogen) atoms. The van der Waals surface area contributed by atoms with Gasteiger partial charge < -0.3 is 9.47 Å². The van der Waals surface area contributed by atoms with Crippen molar-refractivity contribution in [2.75, 3.05) is 14.2 Å². The summed E-state index contributed by atoms with van der Waals surface area (Å²) >= 11 is 6.49. The molecule has 0 radical (unpaired) electrons. The van der Waals surface area contributed by atoms with E-state index in [1.807, 2.05) is 12.1 Å². The van der Waals surface area contributed by atoms with Gasteiger partial charge in [-0.25, -0.2) is 0 Å². The lowest BCUT2D eigenvalue weighted by atomic mass is 9.94. The Morgan fingerprint density at radius 3 is 2.18 bits per heavy atom. The van der Waals surface area contributed by atoms with Crippen molar-refractivity contribution in [1.29, 1.82) is 0 Å². The van der Waals surface area contributed by atoms with Crippen LogP contribution < -0.4 is 9.47 Å². The minimum Gasteiger partial charge on any atom is -0.493 e. The van der Waals surface area contributed by atoms with E-state index in [4.69, 9.17) is 21.1 Å². The molecule has 0 N–H and O–H groups in total. The van der Waals surface area contributed by atoms with E-state index in [0.29, 0.717) is 5.92 Å². The van der Waals surface area contributed by atoms with Crippen LogP contribution in [0.4, 0.5) is 0 Å². The lowest BCUT2D eigenvalue weighted by Crippen LogP contribution is -2.05. The zero-order chi connectivity index (χ0) is 13.0. The van der Waals surface area contributed by atoms with E-state index in [1.54, 1.807) is 14.2 Å². The molecule has 0 aliphatic heterocycles. The van der Waals surface area contributed by atoms with E-state index in [-0.39, 0.29) is 5.38 Å². The van der Waals surface area contributed by atoms with Gasteiger partial charge in [0, 0.05) is 0 Å². The smallest absolute Gasteiger partial charge is 0.161 e. The molecule has 2 unspecified atom stereocenters. The first-order chi connectivity index (χ1) is 8.04.